The average molecular weight is 765 g/mol. The molecule has 4 aromatic rings. The Kier molecular flexibility index (Phi) is 15.0. The van der Waals surface area contributed by atoms with E-state index in [1.807, 2.05) is 43.3 Å². The second-order valence-corrected chi connectivity index (χ2v) is 14.4. The van der Waals surface area contributed by atoms with Crippen LogP contribution in [0.15, 0.2) is 84.9 Å². The molecular weight excluding hydrogens is 713 g/mol. The van der Waals surface area contributed by atoms with Crippen molar-refractivity contribution < 1.29 is 28.7 Å². The fourth-order valence-corrected chi connectivity index (χ4v) is 5.42. The van der Waals surface area contributed by atoms with Crippen molar-refractivity contribution in [3.8, 4) is 22.6 Å². The normalized spacial score (nSPS) is 12.1. The first kappa shape index (κ1) is 42.4. The number of esters is 1. The number of primary amides is 1. The summed E-state index contributed by atoms with van der Waals surface area (Å²) in [5.74, 6) is -2.02. The van der Waals surface area contributed by atoms with Gasteiger partial charge in [-0.1, -0.05) is 67.9 Å². The van der Waals surface area contributed by atoms with Crippen LogP contribution in [0.4, 0.5) is 16.2 Å². The molecule has 296 valence electrons. The molecule has 14 nitrogen and oxygen atoms in total. The van der Waals surface area contributed by atoms with E-state index in [1.165, 1.54) is 12.5 Å². The number of aryl methyl sites for hydroxylation is 2. The zero-order chi connectivity index (χ0) is 40.7. The van der Waals surface area contributed by atoms with Crippen LogP contribution in [0.3, 0.4) is 0 Å². The number of rotatable bonds is 17. The number of carbonyl (C=O) groups is 4. The molecule has 0 aliphatic heterocycles. The number of ether oxygens (including phenoxy) is 2. The van der Waals surface area contributed by atoms with E-state index in [0.29, 0.717) is 46.9 Å². The number of alkyl carbamates (subject to hydrolysis) is 1. The second-order valence-electron chi connectivity index (χ2n) is 14.4. The highest BCUT2D eigenvalue weighted by molar-refractivity contribution is 6.10. The highest BCUT2D eigenvalue weighted by atomic mass is 16.6. The quantitative estimate of drug-likeness (QED) is 0.0230. The maximum Gasteiger partial charge on any atom is 0.407 e. The Bertz CT molecular complexity index is 2000. The maximum absolute atomic E-state index is 12.8. The maximum atomic E-state index is 12.8. The summed E-state index contributed by atoms with van der Waals surface area (Å²) < 4.78 is 10.5. The number of guanidine groups is 1. The molecule has 1 heterocycles. The summed E-state index contributed by atoms with van der Waals surface area (Å²) in [5, 5.41) is 19.5. The van der Waals surface area contributed by atoms with E-state index < -0.39 is 29.1 Å². The number of aromatic nitrogens is 2. The number of unbranched alkanes of at least 4 members (excludes halogenated alkanes) is 1. The van der Waals surface area contributed by atoms with Gasteiger partial charge in [-0.25, -0.2) is 19.6 Å². The molecule has 3 aromatic carbocycles. The lowest BCUT2D eigenvalue weighted by atomic mass is 10.0. The first-order chi connectivity index (χ1) is 26.6. The van der Waals surface area contributed by atoms with Crippen LogP contribution in [0.1, 0.15) is 71.6 Å². The fraction of sp³-hybridized carbons (Fsp3) is 0.357. The Morgan fingerprint density at radius 3 is 2.16 bits per heavy atom. The summed E-state index contributed by atoms with van der Waals surface area (Å²) in [4.78, 5) is 59.6. The molecule has 1 unspecified atom stereocenters. The Morgan fingerprint density at radius 2 is 1.48 bits per heavy atom. The standard InChI is InChI=1S/C42H52N8O6/c1-6-7-24-55-38(53)42(5,37(43)52)50-39(44)48-32-21-12-17-29(25-32)34-27-33(19-11-16-28-14-9-8-10-15-28)47-36(49-34)30-18-13-20-31(26-30)46-35(51)22-23-45-40(54)56-41(2,3)4/h8-10,12-15,17-18,20-21,25-27H,6-7,11,16,19,22-24H2,1-5H3,(H2,43,52)(H,45,54)(H,46,51)(H3,44,48,50). The van der Waals surface area contributed by atoms with Crippen molar-refractivity contribution in [2.75, 3.05) is 23.8 Å². The minimum atomic E-state index is -1.96. The van der Waals surface area contributed by atoms with Crippen LogP contribution in [-0.2, 0) is 36.7 Å². The van der Waals surface area contributed by atoms with E-state index >= 15 is 0 Å². The van der Waals surface area contributed by atoms with Gasteiger partial charge in [-0.3, -0.25) is 15.0 Å². The van der Waals surface area contributed by atoms with E-state index in [9.17, 15) is 19.2 Å². The lowest BCUT2D eigenvalue weighted by Gasteiger charge is -2.26. The van der Waals surface area contributed by atoms with Gasteiger partial charge >= 0.3 is 12.1 Å². The summed E-state index contributed by atoms with van der Waals surface area (Å²) in [6.07, 6.45) is 3.26. The van der Waals surface area contributed by atoms with Gasteiger partial charge in [-0.2, -0.15) is 0 Å². The molecule has 0 aliphatic rings. The molecule has 4 rings (SSSR count). The van der Waals surface area contributed by atoms with Crippen molar-refractivity contribution in [2.45, 2.75) is 84.3 Å². The van der Waals surface area contributed by atoms with E-state index in [2.05, 4.69) is 33.4 Å². The molecule has 0 fully saturated rings. The van der Waals surface area contributed by atoms with Crippen molar-refractivity contribution >= 4 is 41.2 Å². The van der Waals surface area contributed by atoms with Crippen molar-refractivity contribution in [3.63, 3.8) is 0 Å². The van der Waals surface area contributed by atoms with Crippen LogP contribution < -0.4 is 27.0 Å². The number of anilines is 2. The second kappa shape index (κ2) is 19.9. The molecular formula is C42H52N8O6. The van der Waals surface area contributed by atoms with Crippen LogP contribution in [0.25, 0.3) is 22.6 Å². The summed E-state index contributed by atoms with van der Waals surface area (Å²) in [5.41, 5.74) is 8.04. The van der Waals surface area contributed by atoms with Crippen molar-refractivity contribution in [3.05, 3.63) is 96.2 Å². The largest absolute Gasteiger partial charge is 0.464 e. The van der Waals surface area contributed by atoms with E-state index in [4.69, 9.17) is 30.6 Å². The molecule has 7 N–H and O–H groups in total. The van der Waals surface area contributed by atoms with Crippen molar-refractivity contribution in [1.29, 1.82) is 5.41 Å². The lowest BCUT2D eigenvalue weighted by Crippen LogP contribution is -2.62. The number of carbonyl (C=O) groups excluding carboxylic acids is 4. The van der Waals surface area contributed by atoms with Crippen LogP contribution in [0.5, 0.6) is 0 Å². The summed E-state index contributed by atoms with van der Waals surface area (Å²) >= 11 is 0. The Labute approximate surface area is 327 Å². The minimum Gasteiger partial charge on any atom is -0.464 e. The molecule has 1 atom stereocenters. The zero-order valence-corrected chi connectivity index (χ0v) is 32.7. The van der Waals surface area contributed by atoms with E-state index in [1.54, 1.807) is 57.2 Å². The van der Waals surface area contributed by atoms with Gasteiger partial charge in [0.15, 0.2) is 11.8 Å². The van der Waals surface area contributed by atoms with Gasteiger partial charge in [0.05, 0.1) is 12.3 Å². The predicted octanol–water partition coefficient (Wildman–Crippen LogP) is 6.36. The fourth-order valence-electron chi connectivity index (χ4n) is 5.42. The third-order valence-electron chi connectivity index (χ3n) is 8.38. The molecule has 1 aromatic heterocycles. The Balaban J connectivity index is 1.55. The van der Waals surface area contributed by atoms with E-state index in [0.717, 1.165) is 25.0 Å². The first-order valence-corrected chi connectivity index (χ1v) is 18.7. The number of hydrogen-bond acceptors (Lipinski definition) is 9. The molecule has 3 amide bonds. The lowest BCUT2D eigenvalue weighted by molar-refractivity contribution is -0.154. The van der Waals surface area contributed by atoms with Crippen LogP contribution >= 0.6 is 0 Å². The van der Waals surface area contributed by atoms with Gasteiger partial charge in [0.1, 0.15) is 5.60 Å². The van der Waals surface area contributed by atoms with Crippen molar-refractivity contribution in [2.24, 2.45) is 5.73 Å². The molecule has 0 aliphatic carbocycles. The molecule has 56 heavy (non-hydrogen) atoms. The molecule has 0 radical (unpaired) electrons. The number of amides is 3. The highest BCUT2D eigenvalue weighted by Crippen LogP contribution is 2.27. The summed E-state index contributed by atoms with van der Waals surface area (Å²) in [6.45, 7) is 8.76. The number of nitrogens with two attached hydrogens (primary N) is 1. The highest BCUT2D eigenvalue weighted by Gasteiger charge is 2.42. The molecule has 0 saturated carbocycles. The van der Waals surface area contributed by atoms with Gasteiger partial charge in [-0.15, -0.1) is 0 Å². The first-order valence-electron chi connectivity index (χ1n) is 18.7. The smallest absolute Gasteiger partial charge is 0.407 e. The van der Waals surface area contributed by atoms with E-state index in [-0.39, 0.29) is 31.4 Å². The third-order valence-corrected chi connectivity index (χ3v) is 8.38. The Hall–Kier alpha value is -6.31. The summed E-state index contributed by atoms with van der Waals surface area (Å²) in [7, 11) is 0. The third kappa shape index (κ3) is 13.2. The zero-order valence-electron chi connectivity index (χ0n) is 32.7. The average Bonchev–Trinajstić information content (AvgIpc) is 3.14. The predicted molar refractivity (Wildman–Crippen MR) is 217 cm³/mol. The summed E-state index contributed by atoms with van der Waals surface area (Å²) in [6, 6.07) is 26.6. The van der Waals surface area contributed by atoms with Gasteiger partial charge < -0.3 is 36.5 Å². The van der Waals surface area contributed by atoms with Crippen LogP contribution in [0, 0.1) is 5.41 Å². The van der Waals surface area contributed by atoms with Crippen molar-refractivity contribution in [1.82, 2.24) is 20.6 Å². The topological polar surface area (TPSA) is 211 Å². The SMILES string of the molecule is CCCCOC(=O)C(C)(NC(=N)Nc1cccc(-c2cc(CCCc3ccccc3)nc(-c3cccc(NC(=O)CCNC(=O)OC(C)(C)C)c3)n2)c1)C(N)=O. The number of nitrogens with one attached hydrogen (secondary N) is 5. The van der Waals surface area contributed by atoms with Gasteiger partial charge in [0.25, 0.3) is 5.91 Å². The van der Waals surface area contributed by atoms with Gasteiger partial charge in [0, 0.05) is 41.2 Å². The van der Waals surface area contributed by atoms with Crippen LogP contribution in [0.2, 0.25) is 0 Å². The van der Waals surface area contributed by atoms with Crippen LogP contribution in [-0.4, -0.2) is 64.1 Å². The van der Waals surface area contributed by atoms with Gasteiger partial charge in [-0.05, 0) is 89.3 Å². The van der Waals surface area contributed by atoms with Gasteiger partial charge in [0.2, 0.25) is 11.4 Å². The Morgan fingerprint density at radius 1 is 0.804 bits per heavy atom. The number of benzene rings is 3. The monoisotopic (exact) mass is 764 g/mol. The molecule has 0 bridgehead atoms. The minimum absolute atomic E-state index is 0.0448. The molecule has 14 heteroatoms. The number of hydrogen-bond donors (Lipinski definition) is 6. The molecule has 0 saturated heterocycles. The molecule has 0 spiro atoms. The number of nitrogens with zero attached hydrogens (tertiary/aromatic N) is 2.